The molecule has 0 aromatic heterocycles. The van der Waals surface area contributed by atoms with Crippen LogP contribution in [-0.4, -0.2) is 13.6 Å². The van der Waals surface area contributed by atoms with E-state index < -0.39 is 15.3 Å². The first-order valence-corrected chi connectivity index (χ1v) is 6.66. The average Bonchev–Trinajstić information content (AvgIpc) is 2.39. The Kier molecular flexibility index (Phi) is 3.70. The van der Waals surface area contributed by atoms with Crippen LogP contribution >= 0.6 is 0 Å². The van der Waals surface area contributed by atoms with E-state index in [2.05, 4.69) is 0 Å². The van der Waals surface area contributed by atoms with Crippen LogP contribution in [0, 0.1) is 5.21 Å². The summed E-state index contributed by atoms with van der Waals surface area (Å²) >= 11 is 0. The van der Waals surface area contributed by atoms with Crippen LogP contribution < -0.4 is 9.41 Å². The van der Waals surface area contributed by atoms with Gasteiger partial charge in [0, 0.05) is 0 Å². The number of para-hydroxylation sites is 2. The standard InChI is InChI=1S/C12H10NO5S/c14-13(15)11-8-4-5-9-12(11)18-19(16,17)10-6-2-1-3-7-10/h1-9,14H/q-1. The molecule has 2 rings (SSSR count). The second-order valence-electron chi connectivity index (χ2n) is 3.59. The molecule has 0 aliphatic heterocycles. The number of hydrogen-bond acceptors (Lipinski definition) is 6. The highest BCUT2D eigenvalue weighted by Gasteiger charge is 2.18. The third-order valence-electron chi connectivity index (χ3n) is 2.30. The lowest BCUT2D eigenvalue weighted by Gasteiger charge is -2.23. The minimum atomic E-state index is -4.05. The average molecular weight is 280 g/mol. The summed E-state index contributed by atoms with van der Waals surface area (Å²) in [5.74, 6) is -0.246. The van der Waals surface area contributed by atoms with Gasteiger partial charge in [-0.25, -0.2) is 0 Å². The van der Waals surface area contributed by atoms with E-state index in [-0.39, 0.29) is 16.3 Å². The molecule has 6 nitrogen and oxygen atoms in total. The van der Waals surface area contributed by atoms with E-state index in [1.165, 1.54) is 36.4 Å². The predicted octanol–water partition coefficient (Wildman–Crippen LogP) is 2.15. The van der Waals surface area contributed by atoms with Crippen molar-refractivity contribution in [2.45, 2.75) is 4.90 Å². The summed E-state index contributed by atoms with van der Waals surface area (Å²) in [7, 11) is -4.05. The van der Waals surface area contributed by atoms with Crippen LogP contribution in [0.5, 0.6) is 5.75 Å². The molecule has 0 saturated heterocycles. The molecule has 1 N–H and O–H groups in total. The van der Waals surface area contributed by atoms with Crippen molar-refractivity contribution in [3.05, 3.63) is 59.8 Å². The smallest absolute Gasteiger partial charge is 0.339 e. The van der Waals surface area contributed by atoms with Gasteiger partial charge in [-0.2, -0.15) is 8.42 Å². The van der Waals surface area contributed by atoms with E-state index in [1.54, 1.807) is 18.2 Å². The molecule has 0 aliphatic rings. The zero-order valence-corrected chi connectivity index (χ0v) is 10.4. The molecule has 0 fully saturated rings. The van der Waals surface area contributed by atoms with Crippen LogP contribution in [0.25, 0.3) is 0 Å². The molecule has 2 aromatic rings. The Morgan fingerprint density at radius 2 is 1.58 bits per heavy atom. The summed E-state index contributed by atoms with van der Waals surface area (Å²) in [6, 6.07) is 13.0. The lowest BCUT2D eigenvalue weighted by molar-refractivity contribution is 0.294. The third kappa shape index (κ3) is 3.02. The summed E-state index contributed by atoms with van der Waals surface area (Å²) in [6.07, 6.45) is 0. The molecule has 0 bridgehead atoms. The number of rotatable bonds is 4. The maximum atomic E-state index is 12.0. The minimum Gasteiger partial charge on any atom is -0.733 e. The van der Waals surface area contributed by atoms with Gasteiger partial charge < -0.3 is 14.6 Å². The minimum absolute atomic E-state index is 0.0415. The largest absolute Gasteiger partial charge is 0.733 e. The molecule has 19 heavy (non-hydrogen) atoms. The van der Waals surface area contributed by atoms with Crippen LogP contribution in [0.15, 0.2) is 59.5 Å². The zero-order chi connectivity index (χ0) is 13.9. The van der Waals surface area contributed by atoms with Crippen molar-refractivity contribution in [1.29, 1.82) is 0 Å². The van der Waals surface area contributed by atoms with Gasteiger partial charge in [-0.1, -0.05) is 30.3 Å². The van der Waals surface area contributed by atoms with E-state index in [4.69, 9.17) is 9.39 Å². The topological polar surface area (TPSA) is 89.9 Å². The Bertz CT molecular complexity index is 655. The Labute approximate surface area is 110 Å². The van der Waals surface area contributed by atoms with Gasteiger partial charge in [-0.3, -0.25) is 5.21 Å². The molecule has 0 aliphatic carbocycles. The normalized spacial score (nSPS) is 11.1. The Balaban J connectivity index is 2.37. The van der Waals surface area contributed by atoms with E-state index in [1.807, 2.05) is 0 Å². The number of benzene rings is 2. The van der Waals surface area contributed by atoms with Crippen LogP contribution in [0.4, 0.5) is 5.69 Å². The van der Waals surface area contributed by atoms with Gasteiger partial charge >= 0.3 is 10.1 Å². The molecule has 7 heteroatoms. The van der Waals surface area contributed by atoms with Crippen LogP contribution in [0.3, 0.4) is 0 Å². The third-order valence-corrected chi connectivity index (χ3v) is 3.55. The number of anilines is 1. The lowest BCUT2D eigenvalue weighted by Crippen LogP contribution is -2.14. The van der Waals surface area contributed by atoms with Crippen molar-refractivity contribution in [1.82, 2.24) is 0 Å². The first-order valence-electron chi connectivity index (χ1n) is 5.25. The summed E-state index contributed by atoms with van der Waals surface area (Å²) < 4.78 is 28.8. The lowest BCUT2D eigenvalue weighted by atomic mass is 10.3. The van der Waals surface area contributed by atoms with Gasteiger partial charge in [0.25, 0.3) is 0 Å². The SMILES string of the molecule is O=S(=O)(Oc1ccccc1N([O-])O)c1ccccc1. The van der Waals surface area contributed by atoms with Crippen molar-refractivity contribution in [3.63, 3.8) is 0 Å². The van der Waals surface area contributed by atoms with Crippen molar-refractivity contribution in [2.24, 2.45) is 0 Å². The summed E-state index contributed by atoms with van der Waals surface area (Å²) in [4.78, 5) is -0.0415. The highest BCUT2D eigenvalue weighted by Crippen LogP contribution is 2.29. The Morgan fingerprint density at radius 3 is 2.21 bits per heavy atom. The zero-order valence-electron chi connectivity index (χ0n) is 9.63. The summed E-state index contributed by atoms with van der Waals surface area (Å²) in [6.45, 7) is 0. The molecule has 0 amide bonds. The Hall–Kier alpha value is -2.09. The second-order valence-corrected chi connectivity index (χ2v) is 5.14. The molecule has 0 atom stereocenters. The van der Waals surface area contributed by atoms with E-state index in [9.17, 15) is 13.6 Å². The molecule has 0 heterocycles. The first kappa shape index (κ1) is 13.3. The van der Waals surface area contributed by atoms with Crippen molar-refractivity contribution in [3.8, 4) is 5.75 Å². The van der Waals surface area contributed by atoms with E-state index >= 15 is 0 Å². The summed E-state index contributed by atoms with van der Waals surface area (Å²) in [5, 5.41) is 19.3. The van der Waals surface area contributed by atoms with Gasteiger partial charge in [0.05, 0.1) is 5.69 Å². The van der Waals surface area contributed by atoms with Crippen LogP contribution in [-0.2, 0) is 10.1 Å². The fourth-order valence-corrected chi connectivity index (χ4v) is 2.40. The maximum Gasteiger partial charge on any atom is 0.339 e. The van der Waals surface area contributed by atoms with Gasteiger partial charge in [-0.15, -0.1) is 0 Å². The molecule has 0 unspecified atom stereocenters. The van der Waals surface area contributed by atoms with E-state index in [0.29, 0.717) is 0 Å². The van der Waals surface area contributed by atoms with Gasteiger partial charge in [0.1, 0.15) is 4.90 Å². The quantitative estimate of drug-likeness (QED) is 0.681. The number of hydrogen-bond donors (Lipinski definition) is 1. The monoisotopic (exact) mass is 280 g/mol. The molecule has 0 radical (unpaired) electrons. The highest BCUT2D eigenvalue weighted by atomic mass is 32.2. The highest BCUT2D eigenvalue weighted by molar-refractivity contribution is 7.87. The van der Waals surface area contributed by atoms with Crippen LogP contribution in [0.1, 0.15) is 0 Å². The van der Waals surface area contributed by atoms with Crippen molar-refractivity contribution in [2.75, 3.05) is 5.23 Å². The fraction of sp³-hybridized carbons (Fsp3) is 0. The second kappa shape index (κ2) is 5.27. The predicted molar refractivity (Wildman–Crippen MR) is 68.3 cm³/mol. The molecule has 0 spiro atoms. The van der Waals surface area contributed by atoms with Gasteiger partial charge in [-0.05, 0) is 24.3 Å². The van der Waals surface area contributed by atoms with E-state index in [0.717, 1.165) is 0 Å². The van der Waals surface area contributed by atoms with Crippen molar-refractivity contribution >= 4 is 15.8 Å². The van der Waals surface area contributed by atoms with Gasteiger partial charge in [0.15, 0.2) is 5.75 Å². The number of nitrogens with zero attached hydrogens (tertiary/aromatic N) is 1. The Morgan fingerprint density at radius 1 is 1.00 bits per heavy atom. The molecule has 2 aromatic carbocycles. The first-order chi connectivity index (χ1) is 9.00. The van der Waals surface area contributed by atoms with Crippen LogP contribution in [0.2, 0.25) is 0 Å². The molecule has 0 saturated carbocycles. The molecular weight excluding hydrogens is 270 g/mol. The van der Waals surface area contributed by atoms with Gasteiger partial charge in [0.2, 0.25) is 0 Å². The fourth-order valence-electron chi connectivity index (χ4n) is 1.44. The molecular formula is C12H10NO5S-. The van der Waals surface area contributed by atoms with Crippen molar-refractivity contribution < 1.29 is 17.8 Å². The molecule has 100 valence electrons. The summed E-state index contributed by atoms with van der Waals surface area (Å²) in [5.41, 5.74) is -0.290. The maximum absolute atomic E-state index is 12.0.